The highest BCUT2D eigenvalue weighted by Crippen LogP contribution is 2.06. The first-order valence-electron chi connectivity index (χ1n) is 2.18. The van der Waals surface area contributed by atoms with Gasteiger partial charge in [0.2, 0.25) is 0 Å². The molecular weight excluding hydrogens is 126 g/mol. The number of nitrogens with zero attached hydrogens (tertiary/aromatic N) is 1. The van der Waals surface area contributed by atoms with E-state index in [0.717, 1.165) is 23.0 Å². The van der Waals surface area contributed by atoms with Crippen LogP contribution >= 0.6 is 24.0 Å². The zero-order chi connectivity index (χ0) is 5.11. The highest BCUT2D eigenvalue weighted by molar-refractivity contribution is 8.23. The van der Waals surface area contributed by atoms with E-state index in [-0.39, 0.29) is 0 Å². The Balaban J connectivity index is 2.25. The zero-order valence-electron chi connectivity index (χ0n) is 3.89. The summed E-state index contributed by atoms with van der Waals surface area (Å²) in [5.41, 5.74) is 0. The maximum atomic E-state index is 4.87. The second kappa shape index (κ2) is 2.64. The minimum absolute atomic E-state index is 0.806. The molecule has 1 aliphatic rings. The van der Waals surface area contributed by atoms with Gasteiger partial charge >= 0.3 is 0 Å². The molecule has 0 spiro atoms. The molecule has 3 heteroatoms. The third-order valence-corrected chi connectivity index (χ3v) is 2.07. The molecule has 0 unspecified atom stereocenters. The molecule has 1 aliphatic heterocycles. The molecule has 39 valence electrons. The van der Waals surface area contributed by atoms with Gasteiger partial charge in [0, 0.05) is 12.3 Å². The van der Waals surface area contributed by atoms with E-state index in [2.05, 4.69) is 5.32 Å². The minimum Gasteiger partial charge on any atom is -0.235 e. The summed E-state index contributed by atoms with van der Waals surface area (Å²) in [6, 6.07) is 0. The first-order valence-corrected chi connectivity index (χ1v) is 3.58. The van der Waals surface area contributed by atoms with E-state index in [1.54, 1.807) is 11.8 Å². The lowest BCUT2D eigenvalue weighted by Crippen LogP contribution is -2.21. The van der Waals surface area contributed by atoms with Gasteiger partial charge in [-0.1, -0.05) is 12.2 Å². The number of hydrogen-bond donors (Lipinski definition) is 0. The minimum atomic E-state index is 0.806. The predicted molar refractivity (Wildman–Crippen MR) is 36.9 cm³/mol. The molecule has 1 heterocycles. The fraction of sp³-hybridized carbons (Fsp3) is 0.750. The molecule has 0 amide bonds. The molecule has 0 aromatic carbocycles. The van der Waals surface area contributed by atoms with Crippen LogP contribution in [-0.4, -0.2) is 23.0 Å². The Kier molecular flexibility index (Phi) is 2.09. The first kappa shape index (κ1) is 5.54. The number of rotatable bonds is 0. The highest BCUT2D eigenvalue weighted by Gasteiger charge is 2.03. The lowest BCUT2D eigenvalue weighted by atomic mass is 10.6. The number of hydrogen-bond acceptors (Lipinski definition) is 2. The van der Waals surface area contributed by atoms with Gasteiger partial charge < -0.3 is 0 Å². The third-order valence-electron chi connectivity index (χ3n) is 0.753. The van der Waals surface area contributed by atoms with Gasteiger partial charge in [0.25, 0.3) is 0 Å². The van der Waals surface area contributed by atoms with Crippen LogP contribution in [0.4, 0.5) is 0 Å². The smallest absolute Gasteiger partial charge is 0.0634 e. The molecule has 0 aromatic rings. The van der Waals surface area contributed by atoms with Crippen LogP contribution in [0, 0.1) is 0 Å². The second-order valence-corrected chi connectivity index (χ2v) is 3.27. The van der Waals surface area contributed by atoms with Crippen molar-refractivity contribution < 1.29 is 0 Å². The monoisotopic (exact) mass is 132 g/mol. The van der Waals surface area contributed by atoms with Crippen LogP contribution in [0.3, 0.4) is 0 Å². The van der Waals surface area contributed by atoms with Crippen molar-refractivity contribution in [1.82, 2.24) is 5.32 Å². The molecule has 1 rings (SSSR count). The normalized spacial score (nSPS) is 22.6. The van der Waals surface area contributed by atoms with Crippen LogP contribution in [0.15, 0.2) is 0 Å². The van der Waals surface area contributed by atoms with Gasteiger partial charge in [-0.2, -0.15) is 0 Å². The van der Waals surface area contributed by atoms with Crippen LogP contribution in [0.1, 0.15) is 0 Å². The maximum absolute atomic E-state index is 4.87. The van der Waals surface area contributed by atoms with Crippen LogP contribution in [0.2, 0.25) is 0 Å². The van der Waals surface area contributed by atoms with E-state index in [9.17, 15) is 0 Å². The molecule has 0 N–H and O–H groups in total. The Labute approximate surface area is 52.9 Å². The van der Waals surface area contributed by atoms with Gasteiger partial charge in [-0.25, -0.2) is 5.32 Å². The second-order valence-electron chi connectivity index (χ2n) is 1.33. The van der Waals surface area contributed by atoms with Gasteiger partial charge in [-0.05, 0) is 0 Å². The molecule has 0 saturated carbocycles. The average Bonchev–Trinajstić information content (AvgIpc) is 1.69. The van der Waals surface area contributed by atoms with Gasteiger partial charge in [0.15, 0.2) is 0 Å². The van der Waals surface area contributed by atoms with Crippen molar-refractivity contribution in [2.75, 3.05) is 18.8 Å². The van der Waals surface area contributed by atoms with Gasteiger partial charge in [-0.3, -0.25) is 0 Å². The van der Waals surface area contributed by atoms with Gasteiger partial charge in [0.1, 0.15) is 0 Å². The Morgan fingerprint density at radius 3 is 2.86 bits per heavy atom. The first-order chi connectivity index (χ1) is 3.39. The van der Waals surface area contributed by atoms with Crippen molar-refractivity contribution in [2.24, 2.45) is 0 Å². The molecule has 1 nitrogen and oxygen atoms in total. The summed E-state index contributed by atoms with van der Waals surface area (Å²) in [6.45, 7) is 1.80. The van der Waals surface area contributed by atoms with Crippen molar-refractivity contribution in [1.29, 1.82) is 0 Å². The molecule has 1 radical (unpaired) electrons. The van der Waals surface area contributed by atoms with Crippen LogP contribution in [0.5, 0.6) is 0 Å². The molecule has 0 aromatic heterocycles. The third kappa shape index (κ3) is 1.76. The van der Waals surface area contributed by atoms with E-state index in [1.165, 1.54) is 0 Å². The molecular formula is C4H6NS2. The fourth-order valence-electron chi connectivity index (χ4n) is 0.440. The maximum Gasteiger partial charge on any atom is 0.0634 e. The van der Waals surface area contributed by atoms with Gasteiger partial charge in [0.05, 0.1) is 10.7 Å². The number of thiocarbonyl (C=S) groups is 1. The highest BCUT2D eigenvalue weighted by atomic mass is 32.2. The topological polar surface area (TPSA) is 14.1 Å². The molecule has 1 fully saturated rings. The standard InChI is InChI=1S/C4H6NS2/c6-4-3-5-1-2-7-4/h1-3H2. The van der Waals surface area contributed by atoms with Crippen molar-refractivity contribution in [2.45, 2.75) is 0 Å². The quantitative estimate of drug-likeness (QED) is 0.450. The lowest BCUT2D eigenvalue weighted by molar-refractivity contribution is 0.807. The summed E-state index contributed by atoms with van der Waals surface area (Å²) in [5.74, 6) is 1.10. The summed E-state index contributed by atoms with van der Waals surface area (Å²) in [4.78, 5) is 0. The van der Waals surface area contributed by atoms with Crippen molar-refractivity contribution in [3.05, 3.63) is 0 Å². The fourth-order valence-corrected chi connectivity index (χ4v) is 1.41. The molecule has 0 bridgehead atoms. The van der Waals surface area contributed by atoms with Crippen molar-refractivity contribution in [3.63, 3.8) is 0 Å². The summed E-state index contributed by atoms with van der Waals surface area (Å²) >= 11 is 6.63. The van der Waals surface area contributed by atoms with E-state index in [4.69, 9.17) is 12.2 Å². The molecule has 0 aliphatic carbocycles. The molecule has 7 heavy (non-hydrogen) atoms. The van der Waals surface area contributed by atoms with E-state index in [0.29, 0.717) is 0 Å². The van der Waals surface area contributed by atoms with Crippen LogP contribution in [-0.2, 0) is 0 Å². The summed E-state index contributed by atoms with van der Waals surface area (Å²) in [6.07, 6.45) is 0. The SMILES string of the molecule is S=C1C[N]CCS1. The van der Waals surface area contributed by atoms with Crippen molar-refractivity contribution in [3.8, 4) is 0 Å². The van der Waals surface area contributed by atoms with Crippen LogP contribution in [0.25, 0.3) is 0 Å². The van der Waals surface area contributed by atoms with E-state index >= 15 is 0 Å². The lowest BCUT2D eigenvalue weighted by Gasteiger charge is -2.08. The Morgan fingerprint density at radius 2 is 2.57 bits per heavy atom. The Bertz CT molecular complexity index is 73.8. The zero-order valence-corrected chi connectivity index (χ0v) is 5.52. The van der Waals surface area contributed by atoms with Crippen LogP contribution < -0.4 is 5.32 Å². The predicted octanol–water partition coefficient (Wildman–Crippen LogP) is 0.665. The summed E-state index contributed by atoms with van der Waals surface area (Å²) in [5, 5.41) is 4.10. The molecule has 1 saturated heterocycles. The summed E-state index contributed by atoms with van der Waals surface area (Å²) < 4.78 is 1.05. The van der Waals surface area contributed by atoms with E-state index in [1.807, 2.05) is 0 Å². The molecule has 0 atom stereocenters. The summed E-state index contributed by atoms with van der Waals surface area (Å²) in [7, 11) is 0. The average molecular weight is 132 g/mol. The Hall–Kier alpha value is 0.400. The Morgan fingerprint density at radius 1 is 1.71 bits per heavy atom. The van der Waals surface area contributed by atoms with Gasteiger partial charge in [-0.15, -0.1) is 11.8 Å². The number of thioether (sulfide) groups is 1. The largest absolute Gasteiger partial charge is 0.235 e. The van der Waals surface area contributed by atoms with Crippen molar-refractivity contribution >= 4 is 28.2 Å². The van der Waals surface area contributed by atoms with E-state index < -0.39 is 0 Å².